The monoisotopic (exact) mass is 500 g/mol. The van der Waals surface area contributed by atoms with E-state index in [1.807, 2.05) is 6.07 Å². The molecule has 0 unspecified atom stereocenters. The topological polar surface area (TPSA) is 26.7 Å². The molecule has 0 bridgehead atoms. The summed E-state index contributed by atoms with van der Waals surface area (Å²) >= 11 is 5.68. The Morgan fingerprint density at radius 2 is 1.65 bits per heavy atom. The number of aromatic hydroxyl groups is 1. The minimum atomic E-state index is 0. The number of nitrogens with zero attached hydrogens (tertiary/aromatic N) is 2. The zero-order valence-corrected chi connectivity index (χ0v) is 22.2. The summed E-state index contributed by atoms with van der Waals surface area (Å²) in [7, 11) is 5.70. The molecule has 0 aliphatic carbocycles. The minimum absolute atomic E-state index is 0. The van der Waals surface area contributed by atoms with Crippen molar-refractivity contribution >= 4 is 45.3 Å². The molecule has 1 aliphatic rings. The van der Waals surface area contributed by atoms with Crippen molar-refractivity contribution in [3.63, 3.8) is 0 Å². The highest BCUT2D eigenvalue weighted by molar-refractivity contribution is 7.80. The molecule has 0 spiro atoms. The summed E-state index contributed by atoms with van der Waals surface area (Å²) in [6.07, 6.45) is 10.3. The quantitative estimate of drug-likeness (QED) is 0.198. The van der Waals surface area contributed by atoms with Crippen molar-refractivity contribution in [1.29, 1.82) is 0 Å². The van der Waals surface area contributed by atoms with Crippen molar-refractivity contribution in [2.75, 3.05) is 33.2 Å². The molecule has 0 saturated carbocycles. The van der Waals surface area contributed by atoms with E-state index in [-0.39, 0.29) is 12.4 Å². The second kappa shape index (κ2) is 13.9. The first kappa shape index (κ1) is 26.7. The largest absolute Gasteiger partial charge is 0.508 e. The SMILES string of the molecule is CCCCCCCCCc1c(-c2ccc(O)c(CN3CCN(C)CC3)c2)ssc1=S.Cl. The second-order valence-corrected chi connectivity index (χ2v) is 11.4. The molecule has 1 saturated heterocycles. The van der Waals surface area contributed by atoms with Gasteiger partial charge in [-0.1, -0.05) is 78.3 Å². The Balaban J connectivity index is 0.00000341. The van der Waals surface area contributed by atoms with Gasteiger partial charge in [-0.3, -0.25) is 4.90 Å². The lowest BCUT2D eigenvalue weighted by atomic mass is 10.0. The van der Waals surface area contributed by atoms with Crippen LogP contribution in [-0.4, -0.2) is 48.1 Å². The maximum absolute atomic E-state index is 10.4. The van der Waals surface area contributed by atoms with Gasteiger partial charge in [0.25, 0.3) is 0 Å². The Bertz CT molecular complexity index is 844. The first-order valence-electron chi connectivity index (χ1n) is 11.4. The Morgan fingerprint density at radius 3 is 2.35 bits per heavy atom. The molecule has 1 aliphatic heterocycles. The summed E-state index contributed by atoms with van der Waals surface area (Å²) in [4.78, 5) is 6.12. The molecule has 0 amide bonds. The molecule has 2 aromatic rings. The molecular weight excluding hydrogens is 464 g/mol. The lowest BCUT2D eigenvalue weighted by Gasteiger charge is -2.32. The first-order chi connectivity index (χ1) is 14.6. The van der Waals surface area contributed by atoms with Gasteiger partial charge in [-0.15, -0.1) is 12.4 Å². The van der Waals surface area contributed by atoms with Crippen molar-refractivity contribution in [3.8, 4) is 16.2 Å². The van der Waals surface area contributed by atoms with Crippen LogP contribution in [0, 0.1) is 3.82 Å². The van der Waals surface area contributed by atoms with Crippen LogP contribution in [-0.2, 0) is 13.0 Å². The van der Waals surface area contributed by atoms with Crippen molar-refractivity contribution in [3.05, 3.63) is 33.1 Å². The van der Waals surface area contributed by atoms with E-state index in [0.29, 0.717) is 5.75 Å². The fourth-order valence-corrected chi connectivity index (χ4v) is 7.07. The van der Waals surface area contributed by atoms with Crippen molar-refractivity contribution in [2.24, 2.45) is 0 Å². The predicted molar refractivity (Wildman–Crippen MR) is 142 cm³/mol. The van der Waals surface area contributed by atoms with Crippen LogP contribution in [0.2, 0.25) is 0 Å². The van der Waals surface area contributed by atoms with Crippen molar-refractivity contribution in [1.82, 2.24) is 9.80 Å². The van der Waals surface area contributed by atoms with Gasteiger partial charge in [0.1, 0.15) is 9.57 Å². The van der Waals surface area contributed by atoms with Gasteiger partial charge in [0.2, 0.25) is 0 Å². The number of rotatable bonds is 11. The number of likely N-dealkylation sites (N-methyl/N-ethyl adjacent to an activating group) is 1. The van der Waals surface area contributed by atoms with E-state index >= 15 is 0 Å². The maximum atomic E-state index is 10.4. The average molecular weight is 501 g/mol. The number of benzene rings is 1. The fraction of sp³-hybridized carbons (Fsp3) is 0.625. The fourth-order valence-electron chi connectivity index (χ4n) is 4.07. The molecule has 1 aromatic heterocycles. The van der Waals surface area contributed by atoms with E-state index in [1.54, 1.807) is 20.7 Å². The predicted octanol–water partition coefficient (Wildman–Crippen LogP) is 7.37. The van der Waals surface area contributed by atoms with E-state index in [2.05, 4.69) is 35.9 Å². The smallest absolute Gasteiger partial charge is 0.120 e. The normalized spacial score (nSPS) is 15.2. The van der Waals surface area contributed by atoms with Crippen LogP contribution in [0.15, 0.2) is 18.2 Å². The Kier molecular flexibility index (Phi) is 12.0. The third-order valence-corrected chi connectivity index (χ3v) is 9.28. The van der Waals surface area contributed by atoms with Gasteiger partial charge in [0.15, 0.2) is 0 Å². The van der Waals surface area contributed by atoms with Gasteiger partial charge in [-0.2, -0.15) is 0 Å². The van der Waals surface area contributed by atoms with E-state index in [0.717, 1.165) is 48.5 Å². The molecule has 0 radical (unpaired) electrons. The Morgan fingerprint density at radius 1 is 0.968 bits per heavy atom. The summed E-state index contributed by atoms with van der Waals surface area (Å²) in [5.74, 6) is 0.408. The minimum Gasteiger partial charge on any atom is -0.508 e. The summed E-state index contributed by atoms with van der Waals surface area (Å²) in [6.45, 7) is 7.38. The number of hydrogen-bond donors (Lipinski definition) is 1. The highest BCUT2D eigenvalue weighted by atomic mass is 35.5. The highest BCUT2D eigenvalue weighted by Crippen LogP contribution is 2.37. The highest BCUT2D eigenvalue weighted by Gasteiger charge is 2.17. The van der Waals surface area contributed by atoms with Gasteiger partial charge < -0.3 is 10.0 Å². The number of piperazine rings is 1. The average Bonchev–Trinajstić information content (AvgIpc) is 3.11. The van der Waals surface area contributed by atoms with Crippen LogP contribution in [0.3, 0.4) is 0 Å². The molecule has 2 heterocycles. The number of hydrogen-bond acceptors (Lipinski definition) is 6. The molecule has 3 rings (SSSR count). The lowest BCUT2D eigenvalue weighted by molar-refractivity contribution is 0.147. The van der Waals surface area contributed by atoms with Gasteiger partial charge in [-0.05, 0) is 49.2 Å². The van der Waals surface area contributed by atoms with Crippen molar-refractivity contribution < 1.29 is 5.11 Å². The van der Waals surface area contributed by atoms with Crippen LogP contribution in [0.25, 0.3) is 10.4 Å². The molecule has 1 fully saturated rings. The Hall–Kier alpha value is -0.500. The van der Waals surface area contributed by atoms with Crippen LogP contribution >= 0.6 is 45.3 Å². The Labute approximate surface area is 206 Å². The van der Waals surface area contributed by atoms with E-state index in [4.69, 9.17) is 12.2 Å². The molecular formula is C24H37ClN2OS3. The zero-order valence-electron chi connectivity index (χ0n) is 18.9. The third kappa shape index (κ3) is 8.09. The van der Waals surface area contributed by atoms with Crippen LogP contribution < -0.4 is 0 Å². The number of halogens is 1. The molecule has 31 heavy (non-hydrogen) atoms. The summed E-state index contributed by atoms with van der Waals surface area (Å²) in [5, 5.41) is 10.4. The standard InChI is InChI=1S/C24H36N2OS3.ClH/c1-3-4-5-6-7-8-9-10-21-23(29-30-24(21)28)19-11-12-22(27)20(17-19)18-26-15-13-25(2)14-16-26;/h11-12,17,27H,3-10,13-16,18H2,1-2H3;1H. The number of unbranched alkanes of at least 4 members (excludes halogenated alkanes) is 6. The molecule has 7 heteroatoms. The van der Waals surface area contributed by atoms with Crippen LogP contribution in [0.5, 0.6) is 5.75 Å². The first-order valence-corrected chi connectivity index (χ1v) is 14.0. The van der Waals surface area contributed by atoms with Crippen LogP contribution in [0.1, 0.15) is 63.0 Å². The number of phenols is 1. The van der Waals surface area contributed by atoms with Crippen LogP contribution in [0.4, 0.5) is 0 Å². The second-order valence-electron chi connectivity index (χ2n) is 8.56. The summed E-state index contributed by atoms with van der Waals surface area (Å²) in [5.41, 5.74) is 3.60. The molecule has 1 aromatic carbocycles. The van der Waals surface area contributed by atoms with Gasteiger partial charge in [0, 0.05) is 38.3 Å². The molecule has 174 valence electrons. The number of phenolic OH excluding ortho intramolecular Hbond substituents is 1. The maximum Gasteiger partial charge on any atom is 0.120 e. The third-order valence-electron chi connectivity index (χ3n) is 6.08. The summed E-state index contributed by atoms with van der Waals surface area (Å²) < 4.78 is 1.05. The van der Waals surface area contributed by atoms with E-state index in [1.165, 1.54) is 60.9 Å². The van der Waals surface area contributed by atoms with E-state index in [9.17, 15) is 5.11 Å². The lowest BCUT2D eigenvalue weighted by Crippen LogP contribution is -2.43. The van der Waals surface area contributed by atoms with E-state index < -0.39 is 0 Å². The van der Waals surface area contributed by atoms with Gasteiger partial charge >= 0.3 is 0 Å². The molecule has 3 nitrogen and oxygen atoms in total. The zero-order chi connectivity index (χ0) is 21.3. The van der Waals surface area contributed by atoms with Crippen molar-refractivity contribution in [2.45, 2.75) is 64.8 Å². The summed E-state index contributed by atoms with van der Waals surface area (Å²) in [6, 6.07) is 6.12. The molecule has 1 N–H and O–H groups in total. The van der Waals surface area contributed by atoms with Gasteiger partial charge in [-0.25, -0.2) is 0 Å². The van der Waals surface area contributed by atoms with Gasteiger partial charge in [0.05, 0.1) is 4.88 Å². The molecule has 0 atom stereocenters.